The second kappa shape index (κ2) is 29.7. The molecule has 73 heavy (non-hydrogen) atoms. The molecule has 28 nitrogen and oxygen atoms in total. The molecule has 29 heteroatoms. The van der Waals surface area contributed by atoms with Crippen LogP contribution in [0.4, 0.5) is 5.82 Å². The number of phosphoric ester groups is 1. The molecule has 0 radical (unpaired) electrons. The quantitative estimate of drug-likeness (QED) is 0.0641. The van der Waals surface area contributed by atoms with Gasteiger partial charge in [0, 0.05) is 61.1 Å². The normalized spacial score (nSPS) is 23.9. The van der Waals surface area contributed by atoms with E-state index >= 15 is 0 Å². The van der Waals surface area contributed by atoms with E-state index in [9.17, 15) is 57.4 Å². The molecule has 1 aromatic rings. The first-order valence-corrected chi connectivity index (χ1v) is 24.7. The Balaban J connectivity index is 0.00000242. The largest absolute Gasteiger partial charge is 0.756 e. The average molecular weight is 1070 g/mol. The maximum Gasteiger partial charge on any atom is 0.367 e. The number of carbonyl (C=O) groups is 9. The third-order valence-corrected chi connectivity index (χ3v) is 11.6. The van der Waals surface area contributed by atoms with Crippen LogP contribution >= 0.6 is 7.82 Å². The molecule has 11 atom stereocenters. The van der Waals surface area contributed by atoms with Crippen molar-refractivity contribution in [2.45, 2.75) is 163 Å². The highest BCUT2D eigenvalue weighted by atomic mass is 31.2. The molecule has 0 bridgehead atoms. The van der Waals surface area contributed by atoms with Crippen LogP contribution in [-0.2, 0) is 99.4 Å². The van der Waals surface area contributed by atoms with Gasteiger partial charge >= 0.3 is 47.5 Å². The van der Waals surface area contributed by atoms with Crippen molar-refractivity contribution in [2.24, 2.45) is 0 Å². The smallest absolute Gasteiger partial charge is 0.367 e. The van der Waals surface area contributed by atoms with Crippen molar-refractivity contribution in [1.82, 2.24) is 14.9 Å². The Kier molecular flexibility index (Phi) is 25.7. The molecule has 0 spiro atoms. The van der Waals surface area contributed by atoms with E-state index in [2.05, 4.69) is 36.4 Å². The molecule has 1 aromatic heterocycles. The number of nitrogens with one attached hydrogen (secondary N) is 3. The van der Waals surface area contributed by atoms with E-state index in [0.717, 1.165) is 66.3 Å². The van der Waals surface area contributed by atoms with Gasteiger partial charge in [0.25, 0.3) is 13.6 Å². The van der Waals surface area contributed by atoms with Crippen LogP contribution < -0.4 is 26.1 Å². The first-order chi connectivity index (χ1) is 34.2. The summed E-state index contributed by atoms with van der Waals surface area (Å²) in [6.45, 7) is 17.0. The first kappa shape index (κ1) is 63.2. The van der Waals surface area contributed by atoms with Crippen molar-refractivity contribution in [3.63, 3.8) is 0 Å². The van der Waals surface area contributed by atoms with E-state index in [-0.39, 0.29) is 12.2 Å². The fourth-order valence-corrected chi connectivity index (χ4v) is 8.48. The number of amides is 2. The van der Waals surface area contributed by atoms with Gasteiger partial charge in [-0.2, -0.15) is 4.98 Å². The summed E-state index contributed by atoms with van der Waals surface area (Å²) >= 11 is 0. The molecule has 2 amide bonds. The number of quaternary nitrogens is 1. The van der Waals surface area contributed by atoms with Crippen molar-refractivity contribution in [3.05, 3.63) is 22.7 Å². The summed E-state index contributed by atoms with van der Waals surface area (Å²) in [6, 6.07) is -0.505. The van der Waals surface area contributed by atoms with E-state index in [1.807, 2.05) is 0 Å². The predicted octanol–water partition coefficient (Wildman–Crippen LogP) is -0.913. The van der Waals surface area contributed by atoms with Crippen LogP contribution in [0.1, 0.15) is 108 Å². The SMILES string of the molecule is CCCCC(=O)N[C@H]1[C@H]([C@H](OC(C)=O)[C@@H](COC(C)=O)OC(C)=O)O[C@](OP(=O)([O-])OC[C@H]2O[C@@H](n3ccc(NC(C)=O)nc3=O)[C@H](OC(C)=O)[C@@H]2OC(C)=O)(C(=O)OC)C[C@@H]1OC(C)=O.CC[NH+](CC)CC. The molecule has 2 aliphatic heterocycles. The van der Waals surface area contributed by atoms with Gasteiger partial charge in [0.15, 0.2) is 30.6 Å². The lowest BCUT2D eigenvalue weighted by atomic mass is 9.88. The van der Waals surface area contributed by atoms with Gasteiger partial charge in [-0.15, -0.1) is 0 Å². The number of nitrogens with zero attached hydrogens (tertiary/aromatic N) is 2. The molecule has 2 saturated heterocycles. The Morgan fingerprint density at radius 3 is 1.93 bits per heavy atom. The zero-order valence-electron chi connectivity index (χ0n) is 42.9. The zero-order valence-corrected chi connectivity index (χ0v) is 43.8. The molecule has 0 aliphatic carbocycles. The van der Waals surface area contributed by atoms with E-state index in [0.29, 0.717) is 12.8 Å². The summed E-state index contributed by atoms with van der Waals surface area (Å²) in [7, 11) is -5.29. The van der Waals surface area contributed by atoms with Crippen LogP contribution in [0.3, 0.4) is 0 Å². The average Bonchev–Trinajstić information content (AvgIpc) is 3.60. The Morgan fingerprint density at radius 2 is 1.45 bits per heavy atom. The van der Waals surface area contributed by atoms with Crippen molar-refractivity contribution in [2.75, 3.05) is 45.3 Å². The summed E-state index contributed by atoms with van der Waals surface area (Å²) in [5.74, 6) is -12.5. The van der Waals surface area contributed by atoms with Crippen molar-refractivity contribution < 1.29 is 109 Å². The molecule has 2 aliphatic rings. The van der Waals surface area contributed by atoms with E-state index < -0.39 is 148 Å². The number of esters is 7. The molecule has 0 saturated carbocycles. The number of methoxy groups -OCH3 is 1. The number of aromatic nitrogens is 2. The zero-order chi connectivity index (χ0) is 55.4. The van der Waals surface area contributed by atoms with Gasteiger partial charge < -0.3 is 67.6 Å². The van der Waals surface area contributed by atoms with Gasteiger partial charge in [-0.1, -0.05) is 13.3 Å². The number of rotatable bonds is 24. The Labute approximate surface area is 421 Å². The fourth-order valence-electron chi connectivity index (χ4n) is 7.55. The van der Waals surface area contributed by atoms with Crippen molar-refractivity contribution in [1.29, 1.82) is 0 Å². The third kappa shape index (κ3) is 20.1. The lowest BCUT2D eigenvalue weighted by Crippen LogP contribution is -3.11. The summed E-state index contributed by atoms with van der Waals surface area (Å²) in [5.41, 5.74) is -1.08. The summed E-state index contributed by atoms with van der Waals surface area (Å²) < 4.78 is 74.1. The maximum absolute atomic E-state index is 14.0. The second-order valence-electron chi connectivity index (χ2n) is 16.4. The second-order valence-corrected chi connectivity index (χ2v) is 17.8. The minimum Gasteiger partial charge on any atom is -0.756 e. The molecule has 2 fully saturated rings. The lowest BCUT2D eigenvalue weighted by molar-refractivity contribution is -0.894. The topological polar surface area (TPSA) is 359 Å². The molecule has 0 aromatic carbocycles. The lowest BCUT2D eigenvalue weighted by Gasteiger charge is -2.49. The summed E-state index contributed by atoms with van der Waals surface area (Å²) in [5, 5.41) is 4.87. The number of unbranched alkanes of at least 4 members (excludes halogenated alkanes) is 1. The van der Waals surface area contributed by atoms with Crippen LogP contribution in [-0.4, -0.2) is 158 Å². The minimum absolute atomic E-state index is 0.127. The van der Waals surface area contributed by atoms with Crippen LogP contribution in [0.25, 0.3) is 0 Å². The highest BCUT2D eigenvalue weighted by Gasteiger charge is 2.61. The molecule has 3 rings (SSSR count). The van der Waals surface area contributed by atoms with E-state index in [1.54, 1.807) is 11.8 Å². The first-order valence-electron chi connectivity index (χ1n) is 23.2. The maximum atomic E-state index is 14.0. The summed E-state index contributed by atoms with van der Waals surface area (Å²) in [6.07, 6.45) is -13.9. The number of hydrogen-bond donors (Lipinski definition) is 3. The third-order valence-electron chi connectivity index (χ3n) is 10.7. The number of phosphoric acid groups is 1. The van der Waals surface area contributed by atoms with Crippen LogP contribution in [0.15, 0.2) is 17.1 Å². The van der Waals surface area contributed by atoms with Crippen LogP contribution in [0, 0.1) is 0 Å². The molecule has 3 N–H and O–H groups in total. The monoisotopic (exact) mass is 1070 g/mol. The van der Waals surface area contributed by atoms with E-state index in [1.165, 1.54) is 25.7 Å². The Hall–Kier alpha value is -5.90. The van der Waals surface area contributed by atoms with Crippen LogP contribution in [0.5, 0.6) is 0 Å². The standard InChI is InChI=1S/C38H53N4O23P.C6H15N/c1-10-11-12-29(50)41-30-25(58-20(4)45)15-38(36(51)55-9,64-33(30)31(60-22(6)47)26(59-21(5)46)16-56-19(3)44)65-66(53,54)57-17-27-32(61-23(7)48)34(62-24(8)49)35(63-27)42-14-13-28(39-18(2)43)40-37(42)52;1-4-7(5-2)6-3/h13-14,25-27,30-35H,10-12,15-17H2,1-9H3,(H,41,50)(H,53,54)(H,39,40,43,52);4-6H2,1-3H3/t25-,26+,27+,30+,31+,32+,33+,34+,35+,38+;/m0./s1. The molecule has 412 valence electrons. The minimum atomic E-state index is -6.07. The van der Waals surface area contributed by atoms with Crippen LogP contribution in [0.2, 0.25) is 0 Å². The van der Waals surface area contributed by atoms with E-state index in [4.69, 9.17) is 51.7 Å². The van der Waals surface area contributed by atoms with Gasteiger partial charge in [-0.25, -0.2) is 9.59 Å². The van der Waals surface area contributed by atoms with Gasteiger partial charge in [0.2, 0.25) is 11.8 Å². The fraction of sp³-hybridized carbons (Fsp3) is 0.705. The number of hydrogen-bond acceptors (Lipinski definition) is 24. The van der Waals surface area contributed by atoms with Gasteiger partial charge in [-0.05, 0) is 33.3 Å². The highest BCUT2D eigenvalue weighted by Crippen LogP contribution is 2.50. The molecular formula is C44H68N5O23P. The summed E-state index contributed by atoms with van der Waals surface area (Å²) in [4.78, 5) is 145. The molecular weight excluding hydrogens is 997 g/mol. The van der Waals surface area contributed by atoms with Crippen molar-refractivity contribution >= 4 is 67.2 Å². The van der Waals surface area contributed by atoms with Gasteiger partial charge in [0.1, 0.15) is 30.7 Å². The molecule has 3 heterocycles. The highest BCUT2D eigenvalue weighted by molar-refractivity contribution is 7.46. The Morgan fingerprint density at radius 1 is 0.863 bits per heavy atom. The Bertz CT molecular complexity index is 2200. The van der Waals surface area contributed by atoms with Crippen molar-refractivity contribution in [3.8, 4) is 0 Å². The predicted molar refractivity (Wildman–Crippen MR) is 244 cm³/mol. The number of carbonyl (C=O) groups excluding carboxylic acids is 9. The van der Waals surface area contributed by atoms with Gasteiger partial charge in [0.05, 0.1) is 45.8 Å². The van der Waals surface area contributed by atoms with Gasteiger partial charge in [-0.3, -0.25) is 52.0 Å². The number of ether oxygens (including phenoxy) is 9. The number of anilines is 1. The molecule has 1 unspecified atom stereocenters.